The van der Waals surface area contributed by atoms with E-state index < -0.39 is 0 Å². The molecular formula is C27H25N3O4. The van der Waals surface area contributed by atoms with Gasteiger partial charge >= 0.3 is 0 Å². The first kappa shape index (κ1) is 21.7. The molecule has 1 saturated heterocycles. The van der Waals surface area contributed by atoms with Gasteiger partial charge in [0, 0.05) is 17.5 Å². The number of nitrogens with zero attached hydrogens (tertiary/aromatic N) is 3. The van der Waals surface area contributed by atoms with E-state index in [1.807, 2.05) is 47.4 Å². The van der Waals surface area contributed by atoms with E-state index in [0.717, 1.165) is 18.4 Å². The van der Waals surface area contributed by atoms with Crippen LogP contribution in [0.5, 0.6) is 11.5 Å². The Hall–Kier alpha value is -4.13. The van der Waals surface area contributed by atoms with Crippen LogP contribution in [0.4, 0.5) is 0 Å². The van der Waals surface area contributed by atoms with Gasteiger partial charge in [0.25, 0.3) is 11.5 Å². The average Bonchev–Trinajstić information content (AvgIpc) is 3.38. The summed E-state index contributed by atoms with van der Waals surface area (Å²) >= 11 is 0. The molecule has 5 rings (SSSR count). The maximum absolute atomic E-state index is 14.0. The second-order valence-corrected chi connectivity index (χ2v) is 8.21. The number of amides is 1. The lowest BCUT2D eigenvalue weighted by Crippen LogP contribution is -2.34. The zero-order valence-electron chi connectivity index (χ0n) is 19.1. The van der Waals surface area contributed by atoms with E-state index in [1.165, 1.54) is 4.68 Å². The Morgan fingerprint density at radius 1 is 0.941 bits per heavy atom. The van der Waals surface area contributed by atoms with Crippen molar-refractivity contribution < 1.29 is 14.3 Å². The number of hydrogen-bond acceptors (Lipinski definition) is 5. The zero-order chi connectivity index (χ0) is 23.7. The topological polar surface area (TPSA) is 73.7 Å². The number of aromatic nitrogens is 2. The molecule has 0 bridgehead atoms. The molecule has 0 radical (unpaired) electrons. The summed E-state index contributed by atoms with van der Waals surface area (Å²) in [6.45, 7) is 0.588. The number of para-hydroxylation sites is 1. The molecule has 172 valence electrons. The van der Waals surface area contributed by atoms with Gasteiger partial charge in [-0.25, -0.2) is 0 Å². The van der Waals surface area contributed by atoms with Crippen LogP contribution in [0.2, 0.25) is 0 Å². The van der Waals surface area contributed by atoms with Crippen molar-refractivity contribution in [2.24, 2.45) is 0 Å². The second kappa shape index (κ2) is 9.02. The summed E-state index contributed by atoms with van der Waals surface area (Å²) in [5, 5.41) is 5.58. The second-order valence-electron chi connectivity index (χ2n) is 8.21. The molecule has 2 heterocycles. The minimum atomic E-state index is -0.259. The number of benzene rings is 3. The van der Waals surface area contributed by atoms with Crippen molar-refractivity contribution in [1.29, 1.82) is 0 Å². The summed E-state index contributed by atoms with van der Waals surface area (Å²) in [6.07, 6.45) is 1.65. The van der Waals surface area contributed by atoms with Crippen LogP contribution < -0.4 is 15.0 Å². The number of likely N-dealkylation sites (tertiary alicyclic amines) is 1. The highest BCUT2D eigenvalue weighted by atomic mass is 16.5. The average molecular weight is 456 g/mol. The summed E-state index contributed by atoms with van der Waals surface area (Å²) < 4.78 is 12.3. The Morgan fingerprint density at radius 2 is 1.68 bits per heavy atom. The summed E-state index contributed by atoms with van der Waals surface area (Å²) in [7, 11) is 3.24. The third kappa shape index (κ3) is 3.69. The highest BCUT2D eigenvalue weighted by Gasteiger charge is 2.34. The summed E-state index contributed by atoms with van der Waals surface area (Å²) in [5.41, 5.74) is 1.51. The molecule has 3 aromatic carbocycles. The van der Waals surface area contributed by atoms with Crippen molar-refractivity contribution in [3.05, 3.63) is 94.4 Å². The van der Waals surface area contributed by atoms with Crippen LogP contribution in [0, 0.1) is 0 Å². The fourth-order valence-corrected chi connectivity index (χ4v) is 4.66. The smallest absolute Gasteiger partial charge is 0.279 e. The Kier molecular flexibility index (Phi) is 5.76. The van der Waals surface area contributed by atoms with E-state index in [9.17, 15) is 9.59 Å². The SMILES string of the molecule is COc1ccc(OC)c(C2CCCN2C(=O)c2nn(-c3ccccc3)c(=O)c3ccccc23)c1. The van der Waals surface area contributed by atoms with Crippen molar-refractivity contribution in [2.45, 2.75) is 18.9 Å². The Labute approximate surface area is 197 Å². The van der Waals surface area contributed by atoms with Crippen LogP contribution in [0.25, 0.3) is 16.5 Å². The van der Waals surface area contributed by atoms with Gasteiger partial charge in [-0.2, -0.15) is 9.78 Å². The van der Waals surface area contributed by atoms with Crippen LogP contribution in [0.15, 0.2) is 77.6 Å². The molecule has 1 aliphatic rings. The number of hydrogen-bond donors (Lipinski definition) is 0. The molecule has 0 saturated carbocycles. The largest absolute Gasteiger partial charge is 0.497 e. The van der Waals surface area contributed by atoms with Gasteiger partial charge in [0.15, 0.2) is 5.69 Å². The minimum Gasteiger partial charge on any atom is -0.497 e. The number of rotatable bonds is 5. The normalized spacial score (nSPS) is 15.5. The molecule has 0 N–H and O–H groups in total. The van der Waals surface area contributed by atoms with Gasteiger partial charge in [0.1, 0.15) is 11.5 Å². The van der Waals surface area contributed by atoms with Gasteiger partial charge in [-0.15, -0.1) is 0 Å². The van der Waals surface area contributed by atoms with E-state index >= 15 is 0 Å². The molecule has 1 fully saturated rings. The Bertz CT molecular complexity index is 1410. The molecule has 1 aromatic heterocycles. The van der Waals surface area contributed by atoms with Gasteiger partial charge in [0.05, 0.1) is 31.3 Å². The first-order chi connectivity index (χ1) is 16.6. The molecule has 7 nitrogen and oxygen atoms in total. The molecule has 4 aromatic rings. The summed E-state index contributed by atoms with van der Waals surface area (Å²) in [6, 6.07) is 21.7. The highest BCUT2D eigenvalue weighted by Crippen LogP contribution is 2.39. The van der Waals surface area contributed by atoms with E-state index in [-0.39, 0.29) is 23.2 Å². The predicted octanol–water partition coefficient (Wildman–Crippen LogP) is 4.38. The standard InChI is InChI=1S/C27H25N3O4/c1-33-19-14-15-24(34-2)22(17-19)23-13-8-16-29(23)27(32)25-20-11-6-7-12-21(20)26(31)30(28-25)18-9-4-3-5-10-18/h3-7,9-12,14-15,17,23H,8,13,16H2,1-2H3. The molecule has 1 atom stereocenters. The quantitative estimate of drug-likeness (QED) is 0.447. The van der Waals surface area contributed by atoms with E-state index in [4.69, 9.17) is 9.47 Å². The molecule has 0 spiro atoms. The van der Waals surface area contributed by atoms with Gasteiger partial charge in [-0.3, -0.25) is 9.59 Å². The van der Waals surface area contributed by atoms with Crippen molar-refractivity contribution >= 4 is 16.7 Å². The van der Waals surface area contributed by atoms with E-state index in [0.29, 0.717) is 34.5 Å². The fraction of sp³-hybridized carbons (Fsp3) is 0.222. The molecule has 34 heavy (non-hydrogen) atoms. The van der Waals surface area contributed by atoms with Crippen LogP contribution in [-0.2, 0) is 0 Å². The first-order valence-electron chi connectivity index (χ1n) is 11.2. The highest BCUT2D eigenvalue weighted by molar-refractivity contribution is 6.05. The summed E-state index contributed by atoms with van der Waals surface area (Å²) in [4.78, 5) is 29.0. The molecule has 1 amide bonds. The van der Waals surface area contributed by atoms with Crippen LogP contribution in [0.1, 0.15) is 34.9 Å². The maximum atomic E-state index is 14.0. The number of fused-ring (bicyclic) bond motifs is 1. The van der Waals surface area contributed by atoms with Gasteiger partial charge in [-0.05, 0) is 49.2 Å². The number of carbonyl (C=O) groups is 1. The van der Waals surface area contributed by atoms with Gasteiger partial charge in [-0.1, -0.05) is 36.4 Å². The van der Waals surface area contributed by atoms with Crippen LogP contribution >= 0.6 is 0 Å². The first-order valence-corrected chi connectivity index (χ1v) is 11.2. The minimum absolute atomic E-state index is 0.185. The fourth-order valence-electron chi connectivity index (χ4n) is 4.66. The van der Waals surface area contributed by atoms with Crippen molar-refractivity contribution in [3.8, 4) is 17.2 Å². The summed E-state index contributed by atoms with van der Waals surface area (Å²) in [5.74, 6) is 1.20. The molecule has 7 heteroatoms. The predicted molar refractivity (Wildman–Crippen MR) is 130 cm³/mol. The lowest BCUT2D eigenvalue weighted by molar-refractivity contribution is 0.0728. The van der Waals surface area contributed by atoms with Gasteiger partial charge in [0.2, 0.25) is 0 Å². The van der Waals surface area contributed by atoms with Crippen LogP contribution in [0.3, 0.4) is 0 Å². The van der Waals surface area contributed by atoms with E-state index in [2.05, 4.69) is 5.10 Å². The van der Waals surface area contributed by atoms with Crippen molar-refractivity contribution in [2.75, 3.05) is 20.8 Å². The molecule has 1 unspecified atom stereocenters. The monoisotopic (exact) mass is 455 g/mol. The lowest BCUT2D eigenvalue weighted by atomic mass is 10.0. The third-order valence-corrected chi connectivity index (χ3v) is 6.32. The lowest BCUT2D eigenvalue weighted by Gasteiger charge is -2.27. The maximum Gasteiger partial charge on any atom is 0.279 e. The third-order valence-electron chi connectivity index (χ3n) is 6.32. The Balaban J connectivity index is 1.64. The molecule has 1 aliphatic heterocycles. The van der Waals surface area contributed by atoms with Crippen molar-refractivity contribution in [1.82, 2.24) is 14.7 Å². The van der Waals surface area contributed by atoms with Crippen molar-refractivity contribution in [3.63, 3.8) is 0 Å². The number of ether oxygens (including phenoxy) is 2. The van der Waals surface area contributed by atoms with Crippen LogP contribution in [-0.4, -0.2) is 41.4 Å². The molecular weight excluding hydrogens is 430 g/mol. The number of carbonyl (C=O) groups excluding carboxylic acids is 1. The Morgan fingerprint density at radius 3 is 2.41 bits per heavy atom. The molecule has 0 aliphatic carbocycles. The number of methoxy groups -OCH3 is 2. The zero-order valence-corrected chi connectivity index (χ0v) is 19.1. The van der Waals surface area contributed by atoms with Gasteiger partial charge < -0.3 is 14.4 Å². The van der Waals surface area contributed by atoms with E-state index in [1.54, 1.807) is 44.6 Å².